The maximum atomic E-state index is 11.8. The molecule has 6 heavy (non-hydrogen) atoms. The maximum Gasteiger partial charge on any atom is 0.206 e. The highest BCUT2D eigenvalue weighted by molar-refractivity contribution is 4.75. The second-order valence-electron chi connectivity index (χ2n) is 1.77. The smallest absolute Gasteiger partial charge is 0.206 e. The molecule has 1 rings (SSSR count). The zero-order chi connectivity index (χ0) is 4.62. The van der Waals surface area contributed by atoms with Gasteiger partial charge in [-0.3, -0.25) is 0 Å². The standard InChI is InChI=1S/C4H7FO/c5-4(6)2-1-3-4/h6H,1-3H2. The third kappa shape index (κ3) is 0.522. The van der Waals surface area contributed by atoms with E-state index >= 15 is 0 Å². The first kappa shape index (κ1) is 4.06. The van der Waals surface area contributed by atoms with Gasteiger partial charge in [0.25, 0.3) is 0 Å². The average molecular weight is 90.1 g/mol. The topological polar surface area (TPSA) is 20.2 Å². The largest absolute Gasteiger partial charge is 0.362 e. The Hall–Kier alpha value is -0.110. The molecule has 1 saturated carbocycles. The van der Waals surface area contributed by atoms with Crippen LogP contribution in [0.5, 0.6) is 0 Å². The van der Waals surface area contributed by atoms with E-state index in [9.17, 15) is 4.39 Å². The Kier molecular flexibility index (Phi) is 0.634. The zero-order valence-electron chi connectivity index (χ0n) is 3.45. The van der Waals surface area contributed by atoms with Gasteiger partial charge in [-0.25, -0.2) is 4.39 Å². The van der Waals surface area contributed by atoms with Crippen LogP contribution in [0.3, 0.4) is 0 Å². The molecule has 0 bridgehead atoms. The SMILES string of the molecule is OC1(F)CCC1. The predicted molar refractivity (Wildman–Crippen MR) is 19.9 cm³/mol. The molecule has 0 aromatic carbocycles. The van der Waals surface area contributed by atoms with E-state index in [1.165, 1.54) is 0 Å². The van der Waals surface area contributed by atoms with Crippen molar-refractivity contribution in [2.45, 2.75) is 25.1 Å². The second kappa shape index (κ2) is 0.936. The lowest BCUT2D eigenvalue weighted by atomic mass is 9.94. The van der Waals surface area contributed by atoms with Crippen molar-refractivity contribution in [2.75, 3.05) is 0 Å². The molecule has 2 heteroatoms. The highest BCUT2D eigenvalue weighted by Crippen LogP contribution is 2.31. The highest BCUT2D eigenvalue weighted by Gasteiger charge is 2.33. The summed E-state index contributed by atoms with van der Waals surface area (Å²) in [5, 5.41) is 8.25. The summed E-state index contributed by atoms with van der Waals surface area (Å²) >= 11 is 0. The van der Waals surface area contributed by atoms with E-state index in [-0.39, 0.29) is 0 Å². The molecule has 1 aliphatic carbocycles. The van der Waals surface area contributed by atoms with Gasteiger partial charge in [0.15, 0.2) is 0 Å². The summed E-state index contributed by atoms with van der Waals surface area (Å²) in [6.07, 6.45) is 1.52. The first-order chi connectivity index (χ1) is 2.71. The van der Waals surface area contributed by atoms with Crippen LogP contribution in [0.1, 0.15) is 19.3 Å². The summed E-state index contributed by atoms with van der Waals surface area (Å²) in [6, 6.07) is 0. The first-order valence-corrected chi connectivity index (χ1v) is 2.12. The van der Waals surface area contributed by atoms with E-state index in [1.54, 1.807) is 0 Å². The monoisotopic (exact) mass is 90.0 g/mol. The maximum absolute atomic E-state index is 11.8. The van der Waals surface area contributed by atoms with Crippen molar-refractivity contribution in [3.05, 3.63) is 0 Å². The highest BCUT2D eigenvalue weighted by atomic mass is 19.2. The Balaban J connectivity index is 2.31. The minimum Gasteiger partial charge on any atom is -0.362 e. The summed E-state index contributed by atoms with van der Waals surface area (Å²) in [4.78, 5) is 0. The van der Waals surface area contributed by atoms with Crippen molar-refractivity contribution in [1.82, 2.24) is 0 Å². The van der Waals surface area contributed by atoms with Crippen molar-refractivity contribution in [3.8, 4) is 0 Å². The molecule has 0 aromatic rings. The van der Waals surface area contributed by atoms with Gasteiger partial charge >= 0.3 is 0 Å². The molecule has 1 aliphatic rings. The van der Waals surface area contributed by atoms with Gasteiger partial charge in [0.2, 0.25) is 5.85 Å². The van der Waals surface area contributed by atoms with Crippen molar-refractivity contribution in [3.63, 3.8) is 0 Å². The molecule has 0 aliphatic heterocycles. The fourth-order valence-corrected chi connectivity index (χ4v) is 0.469. The van der Waals surface area contributed by atoms with Crippen LogP contribution in [0.15, 0.2) is 0 Å². The molecule has 0 unspecified atom stereocenters. The Bertz CT molecular complexity index is 54.6. The third-order valence-corrected chi connectivity index (χ3v) is 1.12. The van der Waals surface area contributed by atoms with Crippen LogP contribution in [0.2, 0.25) is 0 Å². The van der Waals surface area contributed by atoms with Crippen LogP contribution >= 0.6 is 0 Å². The fraction of sp³-hybridized carbons (Fsp3) is 1.00. The Morgan fingerprint density at radius 3 is 1.83 bits per heavy atom. The Labute approximate surface area is 35.8 Å². The predicted octanol–water partition coefficient (Wildman–Crippen LogP) is 0.828. The van der Waals surface area contributed by atoms with Gasteiger partial charge in [-0.2, -0.15) is 0 Å². The van der Waals surface area contributed by atoms with Gasteiger partial charge in [0.1, 0.15) is 0 Å². The number of aliphatic hydroxyl groups is 1. The van der Waals surface area contributed by atoms with Crippen molar-refractivity contribution >= 4 is 0 Å². The molecular weight excluding hydrogens is 83.0 g/mol. The van der Waals surface area contributed by atoms with E-state index in [2.05, 4.69) is 0 Å². The van der Waals surface area contributed by atoms with E-state index in [0.29, 0.717) is 12.8 Å². The molecule has 0 saturated heterocycles. The average Bonchev–Trinajstić information content (AvgIpc) is 1.32. The number of hydrogen-bond donors (Lipinski definition) is 1. The van der Waals surface area contributed by atoms with Crippen LogP contribution in [0.25, 0.3) is 0 Å². The van der Waals surface area contributed by atoms with E-state index in [0.717, 1.165) is 6.42 Å². The molecule has 1 fully saturated rings. The Morgan fingerprint density at radius 2 is 1.83 bits per heavy atom. The molecule has 0 aromatic heterocycles. The van der Waals surface area contributed by atoms with Gasteiger partial charge < -0.3 is 5.11 Å². The summed E-state index contributed by atoms with van der Waals surface area (Å²) < 4.78 is 11.8. The number of rotatable bonds is 0. The summed E-state index contributed by atoms with van der Waals surface area (Å²) in [6.45, 7) is 0. The lowest BCUT2D eigenvalue weighted by Gasteiger charge is -2.26. The zero-order valence-corrected chi connectivity index (χ0v) is 3.45. The van der Waals surface area contributed by atoms with Crippen LogP contribution in [-0.2, 0) is 0 Å². The molecule has 0 spiro atoms. The van der Waals surface area contributed by atoms with Gasteiger partial charge in [0.05, 0.1) is 0 Å². The quantitative estimate of drug-likeness (QED) is 0.467. The van der Waals surface area contributed by atoms with Crippen molar-refractivity contribution < 1.29 is 9.50 Å². The summed E-state index contributed by atoms with van der Waals surface area (Å²) in [7, 11) is 0. The van der Waals surface area contributed by atoms with Gasteiger partial charge in [-0.15, -0.1) is 0 Å². The van der Waals surface area contributed by atoms with E-state index in [4.69, 9.17) is 5.11 Å². The summed E-state index contributed by atoms with van der Waals surface area (Å²) in [5.74, 6) is -1.78. The van der Waals surface area contributed by atoms with E-state index in [1.807, 2.05) is 0 Å². The molecule has 0 radical (unpaired) electrons. The lowest BCUT2D eigenvalue weighted by Crippen LogP contribution is -2.30. The van der Waals surface area contributed by atoms with Crippen LogP contribution in [0.4, 0.5) is 4.39 Å². The van der Waals surface area contributed by atoms with E-state index < -0.39 is 5.85 Å². The third-order valence-electron chi connectivity index (χ3n) is 1.12. The molecule has 1 N–H and O–H groups in total. The molecule has 36 valence electrons. The minimum atomic E-state index is -1.78. The number of alkyl halides is 1. The number of halogens is 1. The molecule has 0 heterocycles. The fourth-order valence-electron chi connectivity index (χ4n) is 0.469. The Morgan fingerprint density at radius 1 is 1.50 bits per heavy atom. The molecular formula is C4H7FO. The molecule has 1 nitrogen and oxygen atoms in total. The van der Waals surface area contributed by atoms with Crippen molar-refractivity contribution in [1.29, 1.82) is 0 Å². The second-order valence-corrected chi connectivity index (χ2v) is 1.77. The number of hydrogen-bond acceptors (Lipinski definition) is 1. The first-order valence-electron chi connectivity index (χ1n) is 2.12. The van der Waals surface area contributed by atoms with Crippen LogP contribution < -0.4 is 0 Å². The summed E-state index contributed by atoms with van der Waals surface area (Å²) in [5.41, 5.74) is 0. The van der Waals surface area contributed by atoms with Crippen LogP contribution in [-0.4, -0.2) is 11.0 Å². The van der Waals surface area contributed by atoms with Crippen LogP contribution in [0, 0.1) is 0 Å². The molecule has 0 amide bonds. The van der Waals surface area contributed by atoms with Gasteiger partial charge in [-0.05, 0) is 6.42 Å². The van der Waals surface area contributed by atoms with Gasteiger partial charge in [-0.1, -0.05) is 0 Å². The molecule has 0 atom stereocenters. The minimum absolute atomic E-state index is 0.340. The normalized spacial score (nSPS) is 29.0. The van der Waals surface area contributed by atoms with Gasteiger partial charge in [0, 0.05) is 12.8 Å². The lowest BCUT2D eigenvalue weighted by molar-refractivity contribution is -0.147. The van der Waals surface area contributed by atoms with Crippen molar-refractivity contribution in [2.24, 2.45) is 0 Å².